The Morgan fingerprint density at radius 3 is 2.59 bits per heavy atom. The van der Waals surface area contributed by atoms with Crippen LogP contribution in [0.15, 0.2) is 54.9 Å². The Morgan fingerprint density at radius 1 is 1.11 bits per heavy atom. The van der Waals surface area contributed by atoms with E-state index in [4.69, 9.17) is 5.73 Å². The molecule has 0 atom stereocenters. The minimum Gasteiger partial charge on any atom is -0.364 e. The van der Waals surface area contributed by atoms with E-state index in [-0.39, 0.29) is 23.0 Å². The third-order valence-electron chi connectivity index (χ3n) is 3.94. The van der Waals surface area contributed by atoms with E-state index < -0.39 is 17.6 Å². The van der Waals surface area contributed by atoms with Crippen molar-refractivity contribution >= 4 is 28.5 Å². The van der Waals surface area contributed by atoms with Crippen LogP contribution in [0.5, 0.6) is 0 Å². The van der Waals surface area contributed by atoms with Crippen molar-refractivity contribution in [2.45, 2.75) is 0 Å². The van der Waals surface area contributed by atoms with Crippen LogP contribution in [0.1, 0.15) is 21.0 Å². The third-order valence-corrected chi connectivity index (χ3v) is 3.94. The first-order valence-electron chi connectivity index (χ1n) is 7.93. The standard InChI is InChI=1S/C18H13FN6O2/c19-10-5-1-2-6-11(10)22-17(27)15-14(16(20)26)21-9-25(15)18-23-12-7-3-4-8-13(12)24-18/h1-9H,(H2,20,26)(H,22,27)(H,23,24). The maximum Gasteiger partial charge on any atom is 0.275 e. The van der Waals surface area contributed by atoms with Gasteiger partial charge < -0.3 is 16.0 Å². The van der Waals surface area contributed by atoms with Gasteiger partial charge in [0, 0.05) is 0 Å². The quantitative estimate of drug-likeness (QED) is 0.514. The maximum atomic E-state index is 13.9. The van der Waals surface area contributed by atoms with Crippen LogP contribution >= 0.6 is 0 Å². The Labute approximate surface area is 151 Å². The van der Waals surface area contributed by atoms with E-state index in [2.05, 4.69) is 20.3 Å². The molecule has 2 amide bonds. The zero-order valence-electron chi connectivity index (χ0n) is 13.8. The van der Waals surface area contributed by atoms with Crippen LogP contribution in [0.25, 0.3) is 17.0 Å². The summed E-state index contributed by atoms with van der Waals surface area (Å²) in [4.78, 5) is 35.8. The zero-order chi connectivity index (χ0) is 19.0. The fraction of sp³-hybridized carbons (Fsp3) is 0. The molecule has 0 saturated heterocycles. The number of benzene rings is 2. The lowest BCUT2D eigenvalue weighted by atomic mass is 10.2. The van der Waals surface area contributed by atoms with Crippen LogP contribution in [-0.2, 0) is 0 Å². The van der Waals surface area contributed by atoms with Crippen molar-refractivity contribution in [3.05, 3.63) is 72.1 Å². The predicted molar refractivity (Wildman–Crippen MR) is 96.1 cm³/mol. The number of primary amides is 1. The second-order valence-electron chi connectivity index (χ2n) is 5.69. The molecule has 8 nitrogen and oxygen atoms in total. The van der Waals surface area contributed by atoms with Gasteiger partial charge >= 0.3 is 0 Å². The molecule has 134 valence electrons. The van der Waals surface area contributed by atoms with Gasteiger partial charge in [0.15, 0.2) is 5.69 Å². The maximum absolute atomic E-state index is 13.9. The Morgan fingerprint density at radius 2 is 1.85 bits per heavy atom. The molecule has 0 spiro atoms. The molecule has 4 aromatic rings. The monoisotopic (exact) mass is 364 g/mol. The molecule has 4 N–H and O–H groups in total. The SMILES string of the molecule is NC(=O)c1ncn(-c2nc3ccccc3[nH]2)c1C(=O)Nc1ccccc1F. The van der Waals surface area contributed by atoms with E-state index in [1.54, 1.807) is 12.1 Å². The van der Waals surface area contributed by atoms with Crippen molar-refractivity contribution in [1.82, 2.24) is 19.5 Å². The highest BCUT2D eigenvalue weighted by atomic mass is 19.1. The zero-order valence-corrected chi connectivity index (χ0v) is 13.8. The van der Waals surface area contributed by atoms with E-state index in [9.17, 15) is 14.0 Å². The smallest absolute Gasteiger partial charge is 0.275 e. The summed E-state index contributed by atoms with van der Waals surface area (Å²) in [6.45, 7) is 0. The minimum atomic E-state index is -0.886. The van der Waals surface area contributed by atoms with Gasteiger partial charge in [-0.25, -0.2) is 14.4 Å². The van der Waals surface area contributed by atoms with Gasteiger partial charge in [-0.3, -0.25) is 14.2 Å². The Hall–Kier alpha value is -4.01. The Kier molecular flexibility index (Phi) is 3.88. The molecule has 2 aromatic heterocycles. The number of para-hydroxylation sites is 3. The first-order chi connectivity index (χ1) is 13.0. The average molecular weight is 364 g/mol. The van der Waals surface area contributed by atoms with E-state index >= 15 is 0 Å². The highest BCUT2D eigenvalue weighted by Crippen LogP contribution is 2.19. The van der Waals surface area contributed by atoms with Crippen LogP contribution in [0.4, 0.5) is 10.1 Å². The number of nitrogens with one attached hydrogen (secondary N) is 2. The number of imidazole rings is 2. The molecule has 2 aromatic carbocycles. The fourth-order valence-corrected chi connectivity index (χ4v) is 2.70. The summed E-state index contributed by atoms with van der Waals surface area (Å²) in [5.74, 6) is -1.97. The van der Waals surface area contributed by atoms with Crippen LogP contribution in [0.2, 0.25) is 0 Å². The summed E-state index contributed by atoms with van der Waals surface area (Å²) >= 11 is 0. The first kappa shape index (κ1) is 16.5. The molecule has 4 rings (SSSR count). The lowest BCUT2D eigenvalue weighted by Gasteiger charge is -2.08. The number of aromatic nitrogens is 4. The average Bonchev–Trinajstić information content (AvgIpc) is 3.27. The van der Waals surface area contributed by atoms with E-state index in [0.717, 1.165) is 5.52 Å². The number of hydrogen-bond acceptors (Lipinski definition) is 4. The fourth-order valence-electron chi connectivity index (χ4n) is 2.70. The van der Waals surface area contributed by atoms with E-state index in [1.165, 1.54) is 29.1 Å². The molecule has 2 heterocycles. The number of carbonyl (C=O) groups is 2. The van der Waals surface area contributed by atoms with Crippen LogP contribution < -0.4 is 11.1 Å². The summed E-state index contributed by atoms with van der Waals surface area (Å²) in [6.07, 6.45) is 1.26. The molecule has 0 aliphatic heterocycles. The van der Waals surface area contributed by atoms with Gasteiger partial charge in [-0.15, -0.1) is 0 Å². The second-order valence-corrected chi connectivity index (χ2v) is 5.69. The first-order valence-corrected chi connectivity index (χ1v) is 7.93. The van der Waals surface area contributed by atoms with Gasteiger partial charge in [-0.2, -0.15) is 0 Å². The third kappa shape index (κ3) is 2.91. The highest BCUT2D eigenvalue weighted by Gasteiger charge is 2.25. The normalized spacial score (nSPS) is 10.9. The molecule has 0 fully saturated rings. The topological polar surface area (TPSA) is 119 Å². The van der Waals surface area contributed by atoms with Gasteiger partial charge in [0.25, 0.3) is 11.8 Å². The number of amides is 2. The predicted octanol–water partition coefficient (Wildman–Crippen LogP) is 2.24. The summed E-state index contributed by atoms with van der Waals surface area (Å²) in [7, 11) is 0. The van der Waals surface area contributed by atoms with E-state index in [1.807, 2.05) is 18.2 Å². The lowest BCUT2D eigenvalue weighted by molar-refractivity contribution is 0.0970. The number of aromatic amines is 1. The summed E-state index contributed by atoms with van der Waals surface area (Å²) in [6, 6.07) is 12.9. The number of H-pyrrole nitrogens is 1. The molecular formula is C18H13FN6O2. The van der Waals surface area contributed by atoms with Gasteiger partial charge in [0.2, 0.25) is 5.95 Å². The van der Waals surface area contributed by atoms with Crippen molar-refractivity contribution in [3.63, 3.8) is 0 Å². The Balaban J connectivity index is 1.81. The number of nitrogens with zero attached hydrogens (tertiary/aromatic N) is 3. The number of rotatable bonds is 4. The van der Waals surface area contributed by atoms with Crippen molar-refractivity contribution < 1.29 is 14.0 Å². The molecule has 0 unspecified atom stereocenters. The number of hydrogen-bond donors (Lipinski definition) is 3. The number of nitrogens with two attached hydrogens (primary N) is 1. The van der Waals surface area contributed by atoms with Crippen molar-refractivity contribution in [1.29, 1.82) is 0 Å². The second kappa shape index (κ2) is 6.37. The molecule has 0 radical (unpaired) electrons. The van der Waals surface area contributed by atoms with Gasteiger partial charge in [-0.1, -0.05) is 24.3 Å². The summed E-state index contributed by atoms with van der Waals surface area (Å²) in [5.41, 5.74) is 6.32. The molecule has 27 heavy (non-hydrogen) atoms. The molecule has 0 aliphatic carbocycles. The van der Waals surface area contributed by atoms with Crippen molar-refractivity contribution in [2.75, 3.05) is 5.32 Å². The number of anilines is 1. The molecular weight excluding hydrogens is 351 g/mol. The van der Waals surface area contributed by atoms with Crippen LogP contribution in [-0.4, -0.2) is 31.3 Å². The van der Waals surface area contributed by atoms with E-state index in [0.29, 0.717) is 5.52 Å². The van der Waals surface area contributed by atoms with Crippen LogP contribution in [0.3, 0.4) is 0 Å². The van der Waals surface area contributed by atoms with Gasteiger partial charge in [0.1, 0.15) is 17.8 Å². The van der Waals surface area contributed by atoms with Crippen LogP contribution in [0, 0.1) is 5.82 Å². The van der Waals surface area contributed by atoms with Gasteiger partial charge in [0.05, 0.1) is 16.7 Å². The summed E-state index contributed by atoms with van der Waals surface area (Å²) < 4.78 is 15.2. The molecule has 0 bridgehead atoms. The van der Waals surface area contributed by atoms with Crippen molar-refractivity contribution in [3.8, 4) is 5.95 Å². The van der Waals surface area contributed by atoms with Gasteiger partial charge in [-0.05, 0) is 24.3 Å². The molecule has 9 heteroatoms. The number of halogens is 1. The molecule has 0 aliphatic rings. The Bertz CT molecular complexity index is 1150. The largest absolute Gasteiger partial charge is 0.364 e. The lowest BCUT2D eigenvalue weighted by Crippen LogP contribution is -2.23. The molecule has 0 saturated carbocycles. The highest BCUT2D eigenvalue weighted by molar-refractivity contribution is 6.10. The summed E-state index contributed by atoms with van der Waals surface area (Å²) in [5, 5.41) is 2.43. The van der Waals surface area contributed by atoms with Crippen molar-refractivity contribution in [2.24, 2.45) is 5.73 Å². The minimum absolute atomic E-state index is 0.0322. The number of carbonyl (C=O) groups excluding carboxylic acids is 2. The number of fused-ring (bicyclic) bond motifs is 1.